The predicted octanol–water partition coefficient (Wildman–Crippen LogP) is 1.73. The largest absolute Gasteiger partial charge is 0.497 e. The molecule has 0 N–H and O–H groups in total. The summed E-state index contributed by atoms with van der Waals surface area (Å²) in [6.07, 6.45) is 2.58. The first-order valence-corrected chi connectivity index (χ1v) is 8.30. The van der Waals surface area contributed by atoms with Gasteiger partial charge in [-0.25, -0.2) is 4.68 Å². The summed E-state index contributed by atoms with van der Waals surface area (Å²) in [6.45, 7) is 2.98. The molecule has 3 aromatic rings. The molecule has 1 aliphatic rings. The molecule has 1 aliphatic heterocycles. The lowest BCUT2D eigenvalue weighted by Gasteiger charge is -2.17. The second-order valence-electron chi connectivity index (χ2n) is 6.16. The number of rotatable bonds is 4. The molecule has 0 saturated carbocycles. The van der Waals surface area contributed by atoms with Gasteiger partial charge in [-0.2, -0.15) is 4.98 Å². The minimum atomic E-state index is -0.0146. The van der Waals surface area contributed by atoms with Gasteiger partial charge in [-0.15, -0.1) is 5.10 Å². The standard InChI is InChI=1S/C17H18N6O3/c1-11-18-16(26-20-11)15-10-23(21-19-15)13-6-7-22(9-13)17(24)12-4-3-5-14(8-12)25-2/h3-5,8,10,13H,6-7,9H2,1-2H3/t13-/m1/s1. The van der Waals surface area contributed by atoms with Crippen LogP contribution in [0.3, 0.4) is 0 Å². The number of aryl methyl sites for hydroxylation is 1. The Morgan fingerprint density at radius 2 is 2.27 bits per heavy atom. The lowest BCUT2D eigenvalue weighted by molar-refractivity contribution is 0.0786. The van der Waals surface area contributed by atoms with Crippen LogP contribution in [0.15, 0.2) is 35.0 Å². The van der Waals surface area contributed by atoms with Gasteiger partial charge in [0.25, 0.3) is 11.8 Å². The van der Waals surface area contributed by atoms with Gasteiger partial charge in [-0.3, -0.25) is 4.79 Å². The summed E-state index contributed by atoms with van der Waals surface area (Å²) in [4.78, 5) is 18.7. The molecular weight excluding hydrogens is 336 g/mol. The van der Waals surface area contributed by atoms with E-state index >= 15 is 0 Å². The highest BCUT2D eigenvalue weighted by Gasteiger charge is 2.29. The van der Waals surface area contributed by atoms with E-state index in [1.54, 1.807) is 37.0 Å². The predicted molar refractivity (Wildman–Crippen MR) is 90.6 cm³/mol. The van der Waals surface area contributed by atoms with E-state index in [0.29, 0.717) is 41.8 Å². The van der Waals surface area contributed by atoms with Gasteiger partial charge in [-0.1, -0.05) is 16.4 Å². The first-order valence-electron chi connectivity index (χ1n) is 8.30. The summed E-state index contributed by atoms with van der Waals surface area (Å²) < 4.78 is 12.1. The molecule has 1 atom stereocenters. The van der Waals surface area contributed by atoms with Crippen LogP contribution in [0, 0.1) is 6.92 Å². The third-order valence-corrected chi connectivity index (χ3v) is 4.40. The molecule has 1 aromatic carbocycles. The van der Waals surface area contributed by atoms with Gasteiger partial charge in [0.1, 0.15) is 5.75 Å². The van der Waals surface area contributed by atoms with Crippen molar-refractivity contribution < 1.29 is 14.1 Å². The van der Waals surface area contributed by atoms with Crippen molar-refractivity contribution in [1.82, 2.24) is 30.0 Å². The average Bonchev–Trinajstić information content (AvgIpc) is 3.40. The van der Waals surface area contributed by atoms with E-state index < -0.39 is 0 Å². The van der Waals surface area contributed by atoms with Gasteiger partial charge in [0.15, 0.2) is 11.5 Å². The van der Waals surface area contributed by atoms with E-state index in [1.165, 1.54) is 0 Å². The Hall–Kier alpha value is -3.23. The maximum atomic E-state index is 12.7. The van der Waals surface area contributed by atoms with Gasteiger partial charge in [0, 0.05) is 18.7 Å². The number of amides is 1. The quantitative estimate of drug-likeness (QED) is 0.703. The van der Waals surface area contributed by atoms with Gasteiger partial charge in [0.2, 0.25) is 0 Å². The van der Waals surface area contributed by atoms with Gasteiger partial charge >= 0.3 is 0 Å². The fourth-order valence-corrected chi connectivity index (χ4v) is 3.04. The van der Waals surface area contributed by atoms with Gasteiger partial charge in [0.05, 0.1) is 19.3 Å². The third kappa shape index (κ3) is 3.03. The number of carbonyl (C=O) groups excluding carboxylic acids is 1. The summed E-state index contributed by atoms with van der Waals surface area (Å²) >= 11 is 0. The Bertz CT molecular complexity index is 934. The van der Waals surface area contributed by atoms with Crippen molar-refractivity contribution >= 4 is 5.91 Å². The molecule has 26 heavy (non-hydrogen) atoms. The van der Waals surface area contributed by atoms with Crippen LogP contribution in [0.5, 0.6) is 5.75 Å². The molecule has 1 amide bonds. The normalized spacial score (nSPS) is 16.8. The molecule has 2 aromatic heterocycles. The van der Waals surface area contributed by atoms with Crippen LogP contribution in [0.25, 0.3) is 11.6 Å². The second-order valence-corrected chi connectivity index (χ2v) is 6.16. The zero-order valence-electron chi connectivity index (χ0n) is 14.5. The molecule has 0 bridgehead atoms. The molecule has 1 saturated heterocycles. The third-order valence-electron chi connectivity index (χ3n) is 4.40. The van der Waals surface area contributed by atoms with Crippen molar-refractivity contribution in [2.75, 3.05) is 20.2 Å². The van der Waals surface area contributed by atoms with Crippen molar-refractivity contribution in [2.24, 2.45) is 0 Å². The highest BCUT2D eigenvalue weighted by molar-refractivity contribution is 5.94. The Morgan fingerprint density at radius 3 is 3.04 bits per heavy atom. The zero-order chi connectivity index (χ0) is 18.1. The monoisotopic (exact) mass is 354 g/mol. The van der Waals surface area contributed by atoms with E-state index in [4.69, 9.17) is 9.26 Å². The summed E-state index contributed by atoms with van der Waals surface area (Å²) in [5.41, 5.74) is 1.15. The van der Waals surface area contributed by atoms with E-state index in [9.17, 15) is 4.79 Å². The molecule has 4 rings (SSSR count). The fourth-order valence-electron chi connectivity index (χ4n) is 3.04. The SMILES string of the molecule is COc1cccc(C(=O)N2CC[C@@H](n3cc(-c4nc(C)no4)nn3)C2)c1. The highest BCUT2D eigenvalue weighted by Crippen LogP contribution is 2.25. The first-order chi connectivity index (χ1) is 12.6. The van der Waals surface area contributed by atoms with Crippen LogP contribution in [0.1, 0.15) is 28.6 Å². The van der Waals surface area contributed by atoms with Gasteiger partial charge < -0.3 is 14.2 Å². The first kappa shape index (κ1) is 16.2. The summed E-state index contributed by atoms with van der Waals surface area (Å²) in [7, 11) is 1.59. The smallest absolute Gasteiger partial charge is 0.280 e. The Labute approximate surface area is 149 Å². The number of methoxy groups -OCH3 is 1. The minimum Gasteiger partial charge on any atom is -0.497 e. The number of nitrogens with zero attached hydrogens (tertiary/aromatic N) is 6. The van der Waals surface area contributed by atoms with E-state index in [-0.39, 0.29) is 11.9 Å². The zero-order valence-corrected chi connectivity index (χ0v) is 14.5. The van der Waals surface area contributed by atoms with Crippen LogP contribution in [0.2, 0.25) is 0 Å². The Balaban J connectivity index is 1.46. The number of aromatic nitrogens is 5. The number of carbonyl (C=O) groups is 1. The molecule has 9 nitrogen and oxygen atoms in total. The van der Waals surface area contributed by atoms with E-state index in [1.807, 2.05) is 17.0 Å². The second kappa shape index (κ2) is 6.58. The van der Waals surface area contributed by atoms with Crippen LogP contribution in [0.4, 0.5) is 0 Å². The topological polar surface area (TPSA) is 99.2 Å². The molecular formula is C17H18N6O3. The molecule has 134 valence electrons. The highest BCUT2D eigenvalue weighted by atomic mass is 16.5. The van der Waals surface area contributed by atoms with Crippen LogP contribution >= 0.6 is 0 Å². The van der Waals surface area contributed by atoms with Crippen molar-refractivity contribution in [3.63, 3.8) is 0 Å². The molecule has 1 fully saturated rings. The number of benzene rings is 1. The Morgan fingerprint density at radius 1 is 1.38 bits per heavy atom. The van der Waals surface area contributed by atoms with Crippen molar-refractivity contribution in [1.29, 1.82) is 0 Å². The Kier molecular flexibility index (Phi) is 4.11. The number of hydrogen-bond acceptors (Lipinski definition) is 7. The minimum absolute atomic E-state index is 0.0146. The lowest BCUT2D eigenvalue weighted by atomic mass is 10.2. The van der Waals surface area contributed by atoms with Crippen LogP contribution in [-0.4, -0.2) is 56.1 Å². The molecule has 0 radical (unpaired) electrons. The number of ether oxygens (including phenoxy) is 1. The van der Waals surface area contributed by atoms with Crippen molar-refractivity contribution in [2.45, 2.75) is 19.4 Å². The summed E-state index contributed by atoms with van der Waals surface area (Å²) in [5, 5.41) is 12.0. The summed E-state index contributed by atoms with van der Waals surface area (Å²) in [6, 6.07) is 7.25. The lowest BCUT2D eigenvalue weighted by Crippen LogP contribution is -2.29. The van der Waals surface area contributed by atoms with E-state index in [0.717, 1.165) is 6.42 Å². The van der Waals surface area contributed by atoms with Crippen molar-refractivity contribution in [3.8, 4) is 17.3 Å². The molecule has 0 spiro atoms. The molecule has 3 heterocycles. The summed E-state index contributed by atoms with van der Waals surface area (Å²) in [5.74, 6) is 1.54. The average molecular weight is 354 g/mol. The van der Waals surface area contributed by atoms with Crippen molar-refractivity contribution in [3.05, 3.63) is 41.9 Å². The van der Waals surface area contributed by atoms with Gasteiger partial charge in [-0.05, 0) is 31.5 Å². The fraction of sp³-hybridized carbons (Fsp3) is 0.353. The number of hydrogen-bond donors (Lipinski definition) is 0. The molecule has 0 unspecified atom stereocenters. The van der Waals surface area contributed by atoms with Crippen LogP contribution < -0.4 is 4.74 Å². The number of likely N-dealkylation sites (tertiary alicyclic amines) is 1. The maximum Gasteiger partial charge on any atom is 0.280 e. The molecule has 0 aliphatic carbocycles. The molecule has 9 heteroatoms. The van der Waals surface area contributed by atoms with Crippen LogP contribution in [-0.2, 0) is 0 Å². The van der Waals surface area contributed by atoms with E-state index in [2.05, 4.69) is 20.5 Å². The maximum absolute atomic E-state index is 12.7.